The van der Waals surface area contributed by atoms with Gasteiger partial charge in [0, 0.05) is 25.8 Å². The molecule has 3 heteroatoms. The van der Waals surface area contributed by atoms with Crippen molar-refractivity contribution in [1.82, 2.24) is 14.9 Å². The second-order valence-electron chi connectivity index (χ2n) is 4.51. The molecule has 0 spiro atoms. The van der Waals surface area contributed by atoms with E-state index in [-0.39, 0.29) is 0 Å². The number of aryl methyl sites for hydroxylation is 2. The van der Waals surface area contributed by atoms with Crippen LogP contribution in [0.5, 0.6) is 0 Å². The second kappa shape index (κ2) is 5.15. The first-order valence-corrected chi connectivity index (χ1v) is 5.92. The van der Waals surface area contributed by atoms with E-state index in [0.29, 0.717) is 6.04 Å². The van der Waals surface area contributed by atoms with Crippen LogP contribution in [0.25, 0.3) is 0 Å². The number of rotatable bonds is 4. The van der Waals surface area contributed by atoms with E-state index in [1.54, 1.807) is 0 Å². The third kappa shape index (κ3) is 2.94. The lowest BCUT2D eigenvalue weighted by Crippen LogP contribution is -2.19. The molecule has 17 heavy (non-hydrogen) atoms. The van der Waals surface area contributed by atoms with Crippen molar-refractivity contribution in [3.63, 3.8) is 0 Å². The van der Waals surface area contributed by atoms with Crippen LogP contribution in [0.2, 0.25) is 0 Å². The third-order valence-electron chi connectivity index (χ3n) is 3.05. The minimum Gasteiger partial charge on any atom is -0.337 e. The Morgan fingerprint density at radius 1 is 1.41 bits per heavy atom. The molecule has 0 aliphatic heterocycles. The quantitative estimate of drug-likeness (QED) is 0.873. The van der Waals surface area contributed by atoms with Gasteiger partial charge in [-0.25, -0.2) is 4.98 Å². The Hall–Kier alpha value is -1.61. The topological polar surface area (TPSA) is 29.9 Å². The molecule has 0 aliphatic rings. The van der Waals surface area contributed by atoms with Gasteiger partial charge in [-0.3, -0.25) is 0 Å². The van der Waals surface area contributed by atoms with Gasteiger partial charge in [0.25, 0.3) is 0 Å². The SMILES string of the molecule is Cc1cccc([C@@H](C)NCc2cncn2C)c1. The first kappa shape index (κ1) is 11.9. The van der Waals surface area contributed by atoms with E-state index < -0.39 is 0 Å². The fourth-order valence-corrected chi connectivity index (χ4v) is 1.87. The average Bonchev–Trinajstić information content (AvgIpc) is 2.72. The van der Waals surface area contributed by atoms with Gasteiger partial charge in [0.1, 0.15) is 0 Å². The monoisotopic (exact) mass is 229 g/mol. The molecule has 0 saturated heterocycles. The summed E-state index contributed by atoms with van der Waals surface area (Å²) in [6.07, 6.45) is 3.73. The smallest absolute Gasteiger partial charge is 0.0945 e. The normalized spacial score (nSPS) is 12.6. The zero-order valence-corrected chi connectivity index (χ0v) is 10.6. The van der Waals surface area contributed by atoms with Crippen LogP contribution in [-0.4, -0.2) is 9.55 Å². The number of nitrogens with zero attached hydrogens (tertiary/aromatic N) is 2. The molecule has 1 aromatic heterocycles. The molecule has 0 unspecified atom stereocenters. The Bertz CT molecular complexity index is 488. The Kier molecular flexibility index (Phi) is 3.59. The Balaban J connectivity index is 1.98. The van der Waals surface area contributed by atoms with Gasteiger partial charge in [0.05, 0.1) is 12.0 Å². The molecule has 0 saturated carbocycles. The van der Waals surface area contributed by atoms with Crippen LogP contribution in [-0.2, 0) is 13.6 Å². The summed E-state index contributed by atoms with van der Waals surface area (Å²) in [5.74, 6) is 0. The minimum absolute atomic E-state index is 0.352. The number of hydrogen-bond donors (Lipinski definition) is 1. The van der Waals surface area contributed by atoms with Crippen LogP contribution < -0.4 is 5.32 Å². The first-order valence-electron chi connectivity index (χ1n) is 5.92. The fraction of sp³-hybridized carbons (Fsp3) is 0.357. The van der Waals surface area contributed by atoms with Crippen LogP contribution in [0.1, 0.15) is 29.8 Å². The van der Waals surface area contributed by atoms with Gasteiger partial charge < -0.3 is 9.88 Å². The standard InChI is InChI=1S/C14H19N3/c1-11-5-4-6-13(7-11)12(2)16-9-14-8-15-10-17(14)3/h4-8,10,12,16H,9H2,1-3H3/t12-/m1/s1. The van der Waals surface area contributed by atoms with Crippen molar-refractivity contribution in [3.8, 4) is 0 Å². The van der Waals surface area contributed by atoms with Crippen molar-refractivity contribution in [3.05, 3.63) is 53.6 Å². The van der Waals surface area contributed by atoms with E-state index in [4.69, 9.17) is 0 Å². The van der Waals surface area contributed by atoms with Gasteiger partial charge in [0.15, 0.2) is 0 Å². The van der Waals surface area contributed by atoms with Crippen molar-refractivity contribution < 1.29 is 0 Å². The number of benzene rings is 1. The lowest BCUT2D eigenvalue weighted by Gasteiger charge is -2.14. The van der Waals surface area contributed by atoms with E-state index in [0.717, 1.165) is 6.54 Å². The molecular weight excluding hydrogens is 210 g/mol. The summed E-state index contributed by atoms with van der Waals surface area (Å²) in [4.78, 5) is 4.11. The molecule has 2 rings (SSSR count). The maximum atomic E-state index is 4.11. The Morgan fingerprint density at radius 2 is 2.24 bits per heavy atom. The van der Waals surface area contributed by atoms with E-state index in [1.165, 1.54) is 16.8 Å². The zero-order chi connectivity index (χ0) is 12.3. The van der Waals surface area contributed by atoms with Gasteiger partial charge in [-0.1, -0.05) is 29.8 Å². The highest BCUT2D eigenvalue weighted by molar-refractivity contribution is 5.24. The molecule has 1 heterocycles. The van der Waals surface area contributed by atoms with Crippen molar-refractivity contribution >= 4 is 0 Å². The highest BCUT2D eigenvalue weighted by Crippen LogP contribution is 2.14. The molecule has 0 fully saturated rings. The molecule has 1 N–H and O–H groups in total. The number of hydrogen-bond acceptors (Lipinski definition) is 2. The second-order valence-corrected chi connectivity index (χ2v) is 4.51. The lowest BCUT2D eigenvalue weighted by atomic mass is 10.1. The minimum atomic E-state index is 0.352. The van der Waals surface area contributed by atoms with Crippen molar-refractivity contribution in [2.75, 3.05) is 0 Å². The van der Waals surface area contributed by atoms with Crippen LogP contribution in [0.3, 0.4) is 0 Å². The number of aromatic nitrogens is 2. The Morgan fingerprint density at radius 3 is 2.88 bits per heavy atom. The molecule has 0 aliphatic carbocycles. The molecule has 2 aromatic rings. The maximum Gasteiger partial charge on any atom is 0.0945 e. The van der Waals surface area contributed by atoms with Crippen molar-refractivity contribution in [1.29, 1.82) is 0 Å². The predicted octanol–water partition coefficient (Wildman–Crippen LogP) is 2.58. The molecule has 0 bridgehead atoms. The molecular formula is C14H19N3. The van der Waals surface area contributed by atoms with Gasteiger partial charge in [-0.2, -0.15) is 0 Å². The fourth-order valence-electron chi connectivity index (χ4n) is 1.87. The summed E-state index contributed by atoms with van der Waals surface area (Å²) in [6, 6.07) is 8.96. The van der Waals surface area contributed by atoms with Crippen molar-refractivity contribution in [2.24, 2.45) is 7.05 Å². The zero-order valence-electron chi connectivity index (χ0n) is 10.6. The maximum absolute atomic E-state index is 4.11. The molecule has 3 nitrogen and oxygen atoms in total. The van der Waals surface area contributed by atoms with Crippen LogP contribution in [0.4, 0.5) is 0 Å². The van der Waals surface area contributed by atoms with Crippen LogP contribution in [0, 0.1) is 6.92 Å². The van der Waals surface area contributed by atoms with Gasteiger partial charge in [-0.15, -0.1) is 0 Å². The van der Waals surface area contributed by atoms with Gasteiger partial charge in [-0.05, 0) is 19.4 Å². The summed E-state index contributed by atoms with van der Waals surface area (Å²) < 4.78 is 2.04. The van der Waals surface area contributed by atoms with Crippen LogP contribution in [0.15, 0.2) is 36.8 Å². The highest BCUT2D eigenvalue weighted by Gasteiger charge is 2.06. The Labute approximate surface area is 103 Å². The van der Waals surface area contributed by atoms with Crippen molar-refractivity contribution in [2.45, 2.75) is 26.4 Å². The number of imidazole rings is 1. The summed E-state index contributed by atoms with van der Waals surface area (Å²) >= 11 is 0. The predicted molar refractivity (Wildman–Crippen MR) is 69.6 cm³/mol. The highest BCUT2D eigenvalue weighted by atomic mass is 15.0. The van der Waals surface area contributed by atoms with Gasteiger partial charge >= 0.3 is 0 Å². The molecule has 0 amide bonds. The largest absolute Gasteiger partial charge is 0.337 e. The summed E-state index contributed by atoms with van der Waals surface area (Å²) in [7, 11) is 2.02. The van der Waals surface area contributed by atoms with Crippen LogP contribution >= 0.6 is 0 Å². The summed E-state index contributed by atoms with van der Waals surface area (Å²) in [5, 5.41) is 3.51. The van der Waals surface area contributed by atoms with E-state index >= 15 is 0 Å². The van der Waals surface area contributed by atoms with E-state index in [2.05, 4.69) is 48.4 Å². The molecule has 1 atom stereocenters. The first-order chi connectivity index (χ1) is 8.16. The summed E-state index contributed by atoms with van der Waals surface area (Å²) in [5.41, 5.74) is 3.83. The van der Waals surface area contributed by atoms with Gasteiger partial charge in [0.2, 0.25) is 0 Å². The van der Waals surface area contributed by atoms with E-state index in [9.17, 15) is 0 Å². The molecule has 0 radical (unpaired) electrons. The molecule has 90 valence electrons. The third-order valence-corrected chi connectivity index (χ3v) is 3.05. The summed E-state index contributed by atoms with van der Waals surface area (Å²) in [6.45, 7) is 5.15. The number of nitrogens with one attached hydrogen (secondary N) is 1. The molecule has 1 aromatic carbocycles. The average molecular weight is 229 g/mol. The lowest BCUT2D eigenvalue weighted by molar-refractivity contribution is 0.557. The van der Waals surface area contributed by atoms with E-state index in [1.807, 2.05) is 24.1 Å².